The zero-order chi connectivity index (χ0) is 39.7. The maximum absolute atomic E-state index is 14.3. The van der Waals surface area contributed by atoms with Crippen molar-refractivity contribution in [1.29, 1.82) is 0 Å². The summed E-state index contributed by atoms with van der Waals surface area (Å²) in [6, 6.07) is 55.6. The van der Waals surface area contributed by atoms with E-state index in [0.717, 1.165) is 27.8 Å². The number of carbonyl (C=O) groups is 2. The summed E-state index contributed by atoms with van der Waals surface area (Å²) in [6.07, 6.45) is -2.10. The van der Waals surface area contributed by atoms with Crippen molar-refractivity contribution < 1.29 is 33.3 Å². The number of carbonyl (C=O) groups excluding carboxylic acids is 2. The van der Waals surface area contributed by atoms with Crippen molar-refractivity contribution in [3.8, 4) is 0 Å². The molecule has 6 aromatic rings. The first kappa shape index (κ1) is 38.9. The molecule has 8 rings (SSSR count). The fourth-order valence-corrected chi connectivity index (χ4v) is 7.98. The van der Waals surface area contributed by atoms with Gasteiger partial charge >= 0.3 is 0 Å². The van der Waals surface area contributed by atoms with Crippen LogP contribution in [0.2, 0.25) is 0 Å². The normalized spacial score (nSPS) is 20.5. The Morgan fingerprint density at radius 2 is 0.983 bits per heavy atom. The molecule has 2 aliphatic heterocycles. The van der Waals surface area contributed by atoms with Crippen LogP contribution < -0.4 is 0 Å². The third-order valence-corrected chi connectivity index (χ3v) is 10.7. The summed E-state index contributed by atoms with van der Waals surface area (Å²) in [4.78, 5) is 29.8. The van der Waals surface area contributed by atoms with Crippen LogP contribution in [0.25, 0.3) is 0 Å². The predicted molar refractivity (Wildman–Crippen MR) is 221 cm³/mol. The highest BCUT2D eigenvalue weighted by molar-refractivity contribution is 6.21. The maximum Gasteiger partial charge on any atom is 0.262 e. The lowest BCUT2D eigenvalue weighted by atomic mass is 9.80. The van der Waals surface area contributed by atoms with Gasteiger partial charge in [-0.25, -0.2) is 0 Å². The largest absolute Gasteiger partial charge is 0.369 e. The van der Waals surface area contributed by atoms with Gasteiger partial charge in [-0.15, -0.1) is 6.58 Å². The average Bonchev–Trinajstić information content (AvgIpc) is 3.54. The fourth-order valence-electron chi connectivity index (χ4n) is 7.98. The summed E-state index contributed by atoms with van der Waals surface area (Å²) in [7, 11) is 0. The Morgan fingerprint density at radius 1 is 0.552 bits per heavy atom. The Labute approximate surface area is 339 Å². The molecule has 8 nitrogen and oxygen atoms in total. The molecule has 5 atom stereocenters. The number of nitrogens with zero attached hydrogens (tertiary/aromatic N) is 1. The first-order valence-electron chi connectivity index (χ1n) is 19.5. The zero-order valence-electron chi connectivity index (χ0n) is 32.0. The molecule has 0 saturated carbocycles. The number of amides is 2. The standard InChI is InChI=1S/C50H45NO7/c1-2-32-54-46-44(51-47(52)41-30-18-19-31-42(41)48(51)53)49(56-34-37-22-10-4-11-23-37)58-43(45(46)55-33-36-20-8-3-9-21-36)35-57-50(38-24-12-5-13-25-38,39-26-14-6-15-27-39)40-28-16-7-17-29-40/h2-31,43-46,49H,1,32-35H2/t43-,44-,45-,46-,49-/m1/s1. The molecular formula is C50H45NO7. The summed E-state index contributed by atoms with van der Waals surface area (Å²) in [5.74, 6) is -0.912. The quantitative estimate of drug-likeness (QED) is 0.0553. The molecule has 2 amide bonds. The van der Waals surface area contributed by atoms with Gasteiger partial charge in [0, 0.05) is 0 Å². The van der Waals surface area contributed by atoms with E-state index in [1.54, 1.807) is 30.3 Å². The maximum atomic E-state index is 14.3. The van der Waals surface area contributed by atoms with Crippen molar-refractivity contribution in [2.45, 2.75) is 49.5 Å². The number of rotatable bonds is 16. The molecule has 1 saturated heterocycles. The Morgan fingerprint density at radius 3 is 1.45 bits per heavy atom. The van der Waals surface area contributed by atoms with Crippen LogP contribution in [0.4, 0.5) is 0 Å². The van der Waals surface area contributed by atoms with Gasteiger partial charge in [-0.2, -0.15) is 0 Å². The summed E-state index contributed by atoms with van der Waals surface area (Å²) in [5, 5.41) is 0. The van der Waals surface area contributed by atoms with Crippen LogP contribution in [-0.4, -0.2) is 60.6 Å². The second-order valence-corrected chi connectivity index (χ2v) is 14.3. The van der Waals surface area contributed by atoms with Crippen LogP contribution in [0.3, 0.4) is 0 Å². The minimum atomic E-state index is -1.14. The molecule has 0 radical (unpaired) electrons. The molecule has 0 bridgehead atoms. The summed E-state index contributed by atoms with van der Waals surface area (Å²) in [5.41, 5.74) is 4.12. The number of imide groups is 1. The third kappa shape index (κ3) is 7.94. The van der Waals surface area contributed by atoms with Crippen molar-refractivity contribution in [3.05, 3.63) is 228 Å². The van der Waals surface area contributed by atoms with Gasteiger partial charge in [-0.3, -0.25) is 14.5 Å². The van der Waals surface area contributed by atoms with Gasteiger partial charge in [-0.1, -0.05) is 170 Å². The van der Waals surface area contributed by atoms with Crippen molar-refractivity contribution in [2.24, 2.45) is 0 Å². The topological polar surface area (TPSA) is 83.5 Å². The van der Waals surface area contributed by atoms with Crippen LogP contribution in [0.15, 0.2) is 189 Å². The lowest BCUT2D eigenvalue weighted by Gasteiger charge is -2.49. The highest BCUT2D eigenvalue weighted by atomic mass is 16.7. The molecule has 8 heteroatoms. The van der Waals surface area contributed by atoms with Crippen molar-refractivity contribution in [3.63, 3.8) is 0 Å². The van der Waals surface area contributed by atoms with E-state index in [-0.39, 0.29) is 26.4 Å². The van der Waals surface area contributed by atoms with Crippen LogP contribution >= 0.6 is 0 Å². The lowest BCUT2D eigenvalue weighted by Crippen LogP contribution is -2.67. The number of ether oxygens (including phenoxy) is 5. The number of benzene rings is 6. The highest BCUT2D eigenvalue weighted by Gasteiger charge is 2.56. The van der Waals surface area contributed by atoms with E-state index in [9.17, 15) is 9.59 Å². The SMILES string of the molecule is C=CCO[C@H]1[C@H](OCc2ccccc2)[C@@H](COC(c2ccccc2)(c2ccccc2)c2ccccc2)O[C@@H](OCc2ccccc2)[C@@H]1N1C(=O)c2ccccc2C1=O. The van der Waals surface area contributed by atoms with Gasteiger partial charge in [-0.05, 0) is 39.9 Å². The average molecular weight is 772 g/mol. The zero-order valence-corrected chi connectivity index (χ0v) is 32.0. The number of hydrogen-bond acceptors (Lipinski definition) is 7. The smallest absolute Gasteiger partial charge is 0.262 e. The van der Waals surface area contributed by atoms with E-state index in [0.29, 0.717) is 11.1 Å². The van der Waals surface area contributed by atoms with Crippen LogP contribution in [0.5, 0.6) is 0 Å². The summed E-state index contributed by atoms with van der Waals surface area (Å²) < 4.78 is 34.5. The molecule has 0 aliphatic carbocycles. The second-order valence-electron chi connectivity index (χ2n) is 14.3. The molecule has 292 valence electrons. The van der Waals surface area contributed by atoms with E-state index in [2.05, 4.69) is 43.0 Å². The second kappa shape index (κ2) is 18.1. The first-order chi connectivity index (χ1) is 28.6. The van der Waals surface area contributed by atoms with Crippen LogP contribution in [0, 0.1) is 0 Å². The molecule has 58 heavy (non-hydrogen) atoms. The minimum absolute atomic E-state index is 0.00608. The Bertz CT molecular complexity index is 2140. The molecule has 0 aromatic heterocycles. The van der Waals surface area contributed by atoms with Gasteiger partial charge in [0.05, 0.1) is 37.6 Å². The van der Waals surface area contributed by atoms with Gasteiger partial charge < -0.3 is 23.7 Å². The number of fused-ring (bicyclic) bond motifs is 1. The van der Waals surface area contributed by atoms with Crippen molar-refractivity contribution in [2.75, 3.05) is 13.2 Å². The van der Waals surface area contributed by atoms with E-state index >= 15 is 0 Å². The van der Waals surface area contributed by atoms with Gasteiger partial charge in [0.1, 0.15) is 30.0 Å². The molecule has 6 aromatic carbocycles. The van der Waals surface area contributed by atoms with E-state index in [1.165, 1.54) is 4.90 Å². The minimum Gasteiger partial charge on any atom is -0.369 e. The van der Waals surface area contributed by atoms with Crippen molar-refractivity contribution >= 4 is 11.8 Å². The van der Waals surface area contributed by atoms with Crippen LogP contribution in [-0.2, 0) is 42.5 Å². The van der Waals surface area contributed by atoms with Gasteiger partial charge in [0.2, 0.25) is 0 Å². The summed E-state index contributed by atoms with van der Waals surface area (Å²) >= 11 is 0. The summed E-state index contributed by atoms with van der Waals surface area (Å²) in [6.45, 7) is 4.39. The molecular weight excluding hydrogens is 727 g/mol. The van der Waals surface area contributed by atoms with E-state index in [1.807, 2.05) is 115 Å². The Balaban J connectivity index is 1.24. The lowest BCUT2D eigenvalue weighted by molar-refractivity contribution is -0.301. The molecule has 0 spiro atoms. The molecule has 0 N–H and O–H groups in total. The third-order valence-electron chi connectivity index (χ3n) is 10.7. The number of hydrogen-bond donors (Lipinski definition) is 0. The molecule has 0 unspecified atom stereocenters. The fraction of sp³-hybridized carbons (Fsp3) is 0.200. The first-order valence-corrected chi connectivity index (χ1v) is 19.5. The van der Waals surface area contributed by atoms with Crippen molar-refractivity contribution in [1.82, 2.24) is 4.90 Å². The van der Waals surface area contributed by atoms with E-state index in [4.69, 9.17) is 23.7 Å². The molecule has 2 aliphatic rings. The highest BCUT2D eigenvalue weighted by Crippen LogP contribution is 2.42. The monoisotopic (exact) mass is 771 g/mol. The Kier molecular flexibility index (Phi) is 12.1. The Hall–Kier alpha value is -6.00. The van der Waals surface area contributed by atoms with Gasteiger partial charge in [0.25, 0.3) is 11.8 Å². The van der Waals surface area contributed by atoms with Gasteiger partial charge in [0.15, 0.2) is 6.29 Å². The molecule has 1 fully saturated rings. The molecule has 2 heterocycles. The van der Waals surface area contributed by atoms with Crippen LogP contribution in [0.1, 0.15) is 48.5 Å². The van der Waals surface area contributed by atoms with E-state index < -0.39 is 48.1 Å². The predicted octanol–water partition coefficient (Wildman–Crippen LogP) is 8.76.